The predicted octanol–water partition coefficient (Wildman–Crippen LogP) is 0.671. The number of piperidine rings is 2. The van der Waals surface area contributed by atoms with Crippen molar-refractivity contribution in [3.8, 4) is 12.0 Å². The second-order valence-corrected chi connectivity index (χ2v) is 3.40. The molecule has 4 rings (SSSR count). The monoisotopic (exact) mass is 119 g/mol. The third-order valence-corrected chi connectivity index (χ3v) is 2.95. The molecule has 46 valence electrons. The fourth-order valence-corrected chi connectivity index (χ4v) is 2.19. The molecule has 0 radical (unpaired) electrons. The molecule has 1 saturated carbocycles. The fraction of sp³-hybridized carbons (Fsp3) is 0.750. The van der Waals surface area contributed by atoms with Gasteiger partial charge in [-0.2, -0.15) is 0 Å². The number of hydrogen-bond donors (Lipinski definition) is 0. The quantitative estimate of drug-likeness (QED) is 0.424. The molecule has 0 amide bonds. The minimum atomic E-state index is 0.759. The summed E-state index contributed by atoms with van der Waals surface area (Å²) in [4.78, 5) is 2.34. The SMILES string of the molecule is C1#CN2CC1C1CC2C1. The first-order valence-corrected chi connectivity index (χ1v) is 3.71. The van der Waals surface area contributed by atoms with Crippen molar-refractivity contribution in [3.63, 3.8) is 0 Å². The van der Waals surface area contributed by atoms with Crippen LogP contribution in [0.2, 0.25) is 0 Å². The van der Waals surface area contributed by atoms with E-state index in [1.807, 2.05) is 0 Å². The van der Waals surface area contributed by atoms with Crippen LogP contribution in [0.1, 0.15) is 12.8 Å². The molecule has 0 aromatic carbocycles. The smallest absolute Gasteiger partial charge is 0.0433 e. The molecule has 1 atom stereocenters. The van der Waals surface area contributed by atoms with Crippen LogP contribution in [0, 0.1) is 23.8 Å². The van der Waals surface area contributed by atoms with Crippen molar-refractivity contribution in [3.05, 3.63) is 0 Å². The normalized spacial score (nSPS) is 49.8. The molecule has 0 N–H and O–H groups in total. The Kier molecular flexibility index (Phi) is 0.521. The summed E-state index contributed by atoms with van der Waals surface area (Å²) in [5.74, 6) is 5.03. The maximum Gasteiger partial charge on any atom is 0.0433 e. The molecule has 1 heteroatoms. The minimum Gasteiger partial charge on any atom is -0.328 e. The molecule has 0 aromatic rings. The van der Waals surface area contributed by atoms with Crippen molar-refractivity contribution in [2.75, 3.05) is 6.54 Å². The zero-order chi connectivity index (χ0) is 5.84. The van der Waals surface area contributed by atoms with E-state index in [1.54, 1.807) is 0 Å². The molecular formula is C8H9N. The first kappa shape index (κ1) is 4.22. The summed E-state index contributed by atoms with van der Waals surface area (Å²) in [5.41, 5.74) is 0. The van der Waals surface area contributed by atoms with Gasteiger partial charge in [-0.05, 0) is 18.8 Å². The van der Waals surface area contributed by atoms with Crippen molar-refractivity contribution >= 4 is 0 Å². The van der Waals surface area contributed by atoms with Gasteiger partial charge in [-0.1, -0.05) is 5.92 Å². The average Bonchev–Trinajstić information content (AvgIpc) is 2.06. The lowest BCUT2D eigenvalue weighted by Gasteiger charge is -2.47. The van der Waals surface area contributed by atoms with Crippen LogP contribution in [-0.2, 0) is 0 Å². The summed E-state index contributed by atoms with van der Waals surface area (Å²) < 4.78 is 0. The molecule has 4 aliphatic rings. The van der Waals surface area contributed by atoms with Crippen LogP contribution in [0.25, 0.3) is 0 Å². The largest absolute Gasteiger partial charge is 0.328 e. The molecule has 2 saturated heterocycles. The van der Waals surface area contributed by atoms with Crippen LogP contribution < -0.4 is 0 Å². The molecule has 1 unspecified atom stereocenters. The third-order valence-electron chi connectivity index (χ3n) is 2.95. The van der Waals surface area contributed by atoms with Crippen LogP contribution in [0.4, 0.5) is 0 Å². The summed E-state index contributed by atoms with van der Waals surface area (Å²) in [7, 11) is 0. The van der Waals surface area contributed by atoms with E-state index in [-0.39, 0.29) is 0 Å². The van der Waals surface area contributed by atoms with E-state index >= 15 is 0 Å². The van der Waals surface area contributed by atoms with E-state index in [4.69, 9.17) is 0 Å². The Morgan fingerprint density at radius 1 is 1.33 bits per heavy atom. The van der Waals surface area contributed by atoms with E-state index in [9.17, 15) is 0 Å². The van der Waals surface area contributed by atoms with E-state index in [2.05, 4.69) is 16.9 Å². The summed E-state index contributed by atoms with van der Waals surface area (Å²) >= 11 is 0. The third kappa shape index (κ3) is 0.356. The van der Waals surface area contributed by atoms with Gasteiger partial charge in [-0.15, -0.1) is 0 Å². The zero-order valence-corrected chi connectivity index (χ0v) is 5.30. The highest BCUT2D eigenvalue weighted by Gasteiger charge is 2.45. The van der Waals surface area contributed by atoms with Gasteiger partial charge in [0.15, 0.2) is 0 Å². The second-order valence-electron chi connectivity index (χ2n) is 3.40. The topological polar surface area (TPSA) is 3.24 Å². The van der Waals surface area contributed by atoms with Crippen LogP contribution >= 0.6 is 0 Å². The standard InChI is InChI=1S/C8H9N/c1-2-9-5-6(1)7-3-8(9)4-7/h6-8H,3-5H2. The molecule has 3 aliphatic heterocycles. The Balaban J connectivity index is 2.05. The Bertz CT molecular complexity index is 186. The highest BCUT2D eigenvalue weighted by atomic mass is 15.2. The lowest BCUT2D eigenvalue weighted by molar-refractivity contribution is 0.0397. The van der Waals surface area contributed by atoms with Gasteiger partial charge in [0.25, 0.3) is 0 Å². The Morgan fingerprint density at radius 2 is 2.22 bits per heavy atom. The summed E-state index contributed by atoms with van der Waals surface area (Å²) in [6.45, 7) is 1.23. The molecule has 1 aliphatic carbocycles. The maximum atomic E-state index is 3.29. The van der Waals surface area contributed by atoms with Gasteiger partial charge in [0, 0.05) is 24.5 Å². The molecule has 4 bridgehead atoms. The van der Waals surface area contributed by atoms with Gasteiger partial charge >= 0.3 is 0 Å². The molecule has 3 fully saturated rings. The van der Waals surface area contributed by atoms with Crippen LogP contribution in [0.15, 0.2) is 0 Å². The number of rotatable bonds is 0. The number of nitrogens with zero attached hydrogens (tertiary/aromatic N) is 1. The zero-order valence-electron chi connectivity index (χ0n) is 5.30. The van der Waals surface area contributed by atoms with Gasteiger partial charge in [0.2, 0.25) is 0 Å². The van der Waals surface area contributed by atoms with Gasteiger partial charge in [0.05, 0.1) is 0 Å². The number of hydrogen-bond acceptors (Lipinski definition) is 1. The average molecular weight is 119 g/mol. The molecule has 3 heterocycles. The van der Waals surface area contributed by atoms with Gasteiger partial charge in [-0.25, -0.2) is 0 Å². The predicted molar refractivity (Wildman–Crippen MR) is 34.5 cm³/mol. The Hall–Kier alpha value is -0.640. The highest BCUT2D eigenvalue weighted by molar-refractivity contribution is 5.21. The lowest BCUT2D eigenvalue weighted by Crippen LogP contribution is -2.50. The van der Waals surface area contributed by atoms with Gasteiger partial charge < -0.3 is 4.90 Å². The van der Waals surface area contributed by atoms with Gasteiger partial charge in [0.1, 0.15) is 0 Å². The van der Waals surface area contributed by atoms with Crippen LogP contribution in [0.5, 0.6) is 0 Å². The van der Waals surface area contributed by atoms with Gasteiger partial charge in [-0.3, -0.25) is 0 Å². The summed E-state index contributed by atoms with van der Waals surface area (Å²) in [5, 5.41) is 0. The first-order chi connectivity index (χ1) is 4.43. The van der Waals surface area contributed by atoms with E-state index < -0.39 is 0 Å². The fourth-order valence-electron chi connectivity index (χ4n) is 2.19. The lowest BCUT2D eigenvalue weighted by atomic mass is 9.69. The second kappa shape index (κ2) is 1.11. The molecule has 9 heavy (non-hydrogen) atoms. The molecule has 0 aromatic heterocycles. The summed E-state index contributed by atoms with van der Waals surface area (Å²) in [6, 6.07) is 4.06. The summed E-state index contributed by atoms with van der Waals surface area (Å²) in [6.07, 6.45) is 2.84. The van der Waals surface area contributed by atoms with Crippen molar-refractivity contribution in [1.29, 1.82) is 0 Å². The van der Waals surface area contributed by atoms with Crippen molar-refractivity contribution < 1.29 is 0 Å². The molecular weight excluding hydrogens is 110 g/mol. The Labute approximate surface area is 55.0 Å². The van der Waals surface area contributed by atoms with Crippen LogP contribution in [-0.4, -0.2) is 17.5 Å². The molecule has 1 nitrogen and oxygen atoms in total. The van der Waals surface area contributed by atoms with E-state index in [1.165, 1.54) is 19.4 Å². The van der Waals surface area contributed by atoms with E-state index in [0.717, 1.165) is 17.9 Å². The van der Waals surface area contributed by atoms with E-state index in [0.29, 0.717) is 0 Å². The Morgan fingerprint density at radius 3 is 2.89 bits per heavy atom. The van der Waals surface area contributed by atoms with Crippen molar-refractivity contribution in [2.45, 2.75) is 18.9 Å². The minimum absolute atomic E-state index is 0.759. The van der Waals surface area contributed by atoms with Crippen molar-refractivity contribution in [2.24, 2.45) is 11.8 Å². The molecule has 0 spiro atoms. The first-order valence-electron chi connectivity index (χ1n) is 3.71. The maximum absolute atomic E-state index is 3.29. The highest BCUT2D eigenvalue weighted by Crippen LogP contribution is 2.44. The van der Waals surface area contributed by atoms with Crippen LogP contribution in [0.3, 0.4) is 0 Å². The van der Waals surface area contributed by atoms with Crippen molar-refractivity contribution in [1.82, 2.24) is 4.90 Å².